The largest absolute Gasteiger partial charge is 0.445 e. The minimum atomic E-state index is -0.709. The highest BCUT2D eigenvalue weighted by Crippen LogP contribution is 2.19. The Hall–Kier alpha value is -2.02. The summed E-state index contributed by atoms with van der Waals surface area (Å²) in [7, 11) is 0. The first-order valence-electron chi connectivity index (χ1n) is 10.6. The maximum Gasteiger partial charge on any atom is 0.407 e. The van der Waals surface area contributed by atoms with Crippen molar-refractivity contribution >= 4 is 17.9 Å². The first kappa shape index (κ1) is 26.0. The number of thioether (sulfide) groups is 1. The van der Waals surface area contributed by atoms with Crippen LogP contribution in [0.2, 0.25) is 0 Å². The van der Waals surface area contributed by atoms with Crippen molar-refractivity contribution in [1.82, 2.24) is 10.6 Å². The van der Waals surface area contributed by atoms with Gasteiger partial charge in [-0.15, -0.1) is 11.8 Å². The Morgan fingerprint density at radius 3 is 2.20 bits per heavy atom. The molecule has 0 aliphatic rings. The molecule has 2 atom stereocenters. The number of hydrogen-bond acceptors (Lipinski definition) is 5. The van der Waals surface area contributed by atoms with Gasteiger partial charge in [0.2, 0.25) is 0 Å². The SMILES string of the molecule is CC.CC(C)CNCC(O)C(CSc1ccccc1)NC(=O)OCc1ccccc1. The van der Waals surface area contributed by atoms with Crippen LogP contribution in [0.4, 0.5) is 4.79 Å². The molecule has 0 spiro atoms. The Balaban J connectivity index is 0.00000218. The van der Waals surface area contributed by atoms with Crippen LogP contribution in [-0.2, 0) is 11.3 Å². The molecule has 0 radical (unpaired) electrons. The molecule has 5 nitrogen and oxygen atoms in total. The summed E-state index contributed by atoms with van der Waals surface area (Å²) in [5.74, 6) is 1.04. The highest BCUT2D eigenvalue weighted by atomic mass is 32.2. The molecule has 2 unspecified atom stereocenters. The van der Waals surface area contributed by atoms with Crippen LogP contribution in [0.15, 0.2) is 65.6 Å². The quantitative estimate of drug-likeness (QED) is 0.449. The van der Waals surface area contributed by atoms with E-state index < -0.39 is 18.2 Å². The zero-order valence-corrected chi connectivity index (χ0v) is 19.3. The molecule has 1 amide bonds. The van der Waals surface area contributed by atoms with Crippen molar-refractivity contribution in [1.29, 1.82) is 0 Å². The molecule has 2 aromatic rings. The molecule has 0 aliphatic carbocycles. The van der Waals surface area contributed by atoms with Crippen LogP contribution in [0.25, 0.3) is 0 Å². The molecule has 0 aromatic heterocycles. The standard InChI is InChI=1S/C22H30N2O3S.C2H6/c1-17(2)13-23-14-21(25)20(16-28-19-11-7-4-8-12-19)24-22(26)27-15-18-9-5-3-6-10-18;1-2/h3-12,17,20-21,23,25H,13-16H2,1-2H3,(H,24,26);1-2H3. The molecule has 0 saturated carbocycles. The maximum atomic E-state index is 12.3. The number of aliphatic hydroxyl groups excluding tert-OH is 1. The van der Waals surface area contributed by atoms with Crippen LogP contribution in [0.3, 0.4) is 0 Å². The summed E-state index contributed by atoms with van der Waals surface area (Å²) in [6, 6.07) is 19.0. The number of aliphatic hydroxyl groups is 1. The molecule has 6 heteroatoms. The molecule has 30 heavy (non-hydrogen) atoms. The molecule has 2 rings (SSSR count). The molecular formula is C24H36N2O3S. The second kappa shape index (κ2) is 15.8. The lowest BCUT2D eigenvalue weighted by Gasteiger charge is -2.24. The third kappa shape index (κ3) is 11.2. The van der Waals surface area contributed by atoms with Gasteiger partial charge < -0.3 is 20.5 Å². The number of benzene rings is 2. The Bertz CT molecular complexity index is 683. The predicted octanol–water partition coefficient (Wildman–Crippen LogP) is 4.71. The first-order valence-corrected chi connectivity index (χ1v) is 11.6. The zero-order chi connectivity index (χ0) is 22.2. The van der Waals surface area contributed by atoms with E-state index in [0.29, 0.717) is 18.2 Å². The number of carbonyl (C=O) groups excluding carboxylic acids is 1. The van der Waals surface area contributed by atoms with Gasteiger partial charge in [-0.3, -0.25) is 0 Å². The van der Waals surface area contributed by atoms with Gasteiger partial charge in [-0.05, 0) is 30.2 Å². The molecule has 2 aromatic carbocycles. The third-order valence-corrected chi connectivity index (χ3v) is 5.19. The van der Waals surface area contributed by atoms with Crippen molar-refractivity contribution < 1.29 is 14.6 Å². The van der Waals surface area contributed by atoms with Crippen LogP contribution < -0.4 is 10.6 Å². The molecule has 0 aliphatic heterocycles. The van der Waals surface area contributed by atoms with Gasteiger partial charge in [0, 0.05) is 17.2 Å². The van der Waals surface area contributed by atoms with Gasteiger partial charge in [-0.2, -0.15) is 0 Å². The Labute approximate surface area is 185 Å². The average molecular weight is 433 g/mol. The van der Waals surface area contributed by atoms with Crippen molar-refractivity contribution in [2.75, 3.05) is 18.8 Å². The van der Waals surface area contributed by atoms with Gasteiger partial charge in [0.1, 0.15) is 6.61 Å². The van der Waals surface area contributed by atoms with E-state index in [4.69, 9.17) is 4.74 Å². The first-order chi connectivity index (χ1) is 14.5. The van der Waals surface area contributed by atoms with Gasteiger partial charge in [0.25, 0.3) is 0 Å². The number of rotatable bonds is 11. The predicted molar refractivity (Wildman–Crippen MR) is 126 cm³/mol. The molecule has 0 bridgehead atoms. The normalized spacial score (nSPS) is 12.5. The van der Waals surface area contributed by atoms with Crippen LogP contribution in [0, 0.1) is 5.92 Å². The van der Waals surface area contributed by atoms with Crippen molar-refractivity contribution in [3.05, 3.63) is 66.2 Å². The molecule has 0 heterocycles. The molecule has 166 valence electrons. The van der Waals surface area contributed by atoms with Crippen LogP contribution >= 0.6 is 11.8 Å². The lowest BCUT2D eigenvalue weighted by Crippen LogP contribution is -2.49. The van der Waals surface area contributed by atoms with E-state index >= 15 is 0 Å². The molecule has 0 fully saturated rings. The van der Waals surface area contributed by atoms with Crippen LogP contribution in [-0.4, -0.2) is 42.2 Å². The second-order valence-corrected chi connectivity index (χ2v) is 8.15. The minimum absolute atomic E-state index is 0.201. The summed E-state index contributed by atoms with van der Waals surface area (Å²) in [5.41, 5.74) is 0.923. The van der Waals surface area contributed by atoms with Crippen LogP contribution in [0.5, 0.6) is 0 Å². The van der Waals surface area contributed by atoms with E-state index in [1.807, 2.05) is 74.5 Å². The topological polar surface area (TPSA) is 70.6 Å². The zero-order valence-electron chi connectivity index (χ0n) is 18.5. The highest BCUT2D eigenvalue weighted by Gasteiger charge is 2.22. The second-order valence-electron chi connectivity index (χ2n) is 7.06. The summed E-state index contributed by atoms with van der Waals surface area (Å²) in [5, 5.41) is 16.7. The van der Waals surface area contributed by atoms with E-state index in [1.54, 1.807) is 11.8 Å². The van der Waals surface area contributed by atoms with E-state index in [-0.39, 0.29) is 6.61 Å². The van der Waals surface area contributed by atoms with Gasteiger partial charge in [-0.25, -0.2) is 4.79 Å². The van der Waals surface area contributed by atoms with Gasteiger partial charge in [0.05, 0.1) is 12.1 Å². The summed E-state index contributed by atoms with van der Waals surface area (Å²) >= 11 is 1.60. The molecule has 0 saturated heterocycles. The van der Waals surface area contributed by atoms with Crippen LogP contribution in [0.1, 0.15) is 33.3 Å². The van der Waals surface area contributed by atoms with Gasteiger partial charge in [-0.1, -0.05) is 76.2 Å². The summed E-state index contributed by atoms with van der Waals surface area (Å²) in [6.07, 6.45) is -1.23. The highest BCUT2D eigenvalue weighted by molar-refractivity contribution is 7.99. The van der Waals surface area contributed by atoms with E-state index in [1.165, 1.54) is 0 Å². The Morgan fingerprint density at radius 1 is 1.00 bits per heavy atom. The molecular weight excluding hydrogens is 396 g/mol. The lowest BCUT2D eigenvalue weighted by atomic mass is 10.1. The number of hydrogen-bond donors (Lipinski definition) is 3. The van der Waals surface area contributed by atoms with E-state index in [0.717, 1.165) is 17.0 Å². The van der Waals surface area contributed by atoms with Crippen molar-refractivity contribution in [2.45, 2.75) is 51.3 Å². The maximum absolute atomic E-state index is 12.3. The number of alkyl carbamates (subject to hydrolysis) is 1. The summed E-state index contributed by atoms with van der Waals surface area (Å²) in [4.78, 5) is 13.3. The van der Waals surface area contributed by atoms with Crippen molar-refractivity contribution in [3.63, 3.8) is 0 Å². The fraction of sp³-hybridized carbons (Fsp3) is 0.458. The van der Waals surface area contributed by atoms with Gasteiger partial charge >= 0.3 is 6.09 Å². The number of carbonyl (C=O) groups is 1. The van der Waals surface area contributed by atoms with Crippen molar-refractivity contribution in [2.24, 2.45) is 5.92 Å². The summed E-state index contributed by atoms with van der Waals surface area (Å²) < 4.78 is 5.31. The fourth-order valence-corrected chi connectivity index (χ4v) is 3.56. The average Bonchev–Trinajstić information content (AvgIpc) is 2.77. The smallest absolute Gasteiger partial charge is 0.407 e. The van der Waals surface area contributed by atoms with E-state index in [2.05, 4.69) is 24.5 Å². The third-order valence-electron chi connectivity index (χ3n) is 4.06. The van der Waals surface area contributed by atoms with Crippen molar-refractivity contribution in [3.8, 4) is 0 Å². The Kier molecular flexibility index (Phi) is 13.7. The number of ether oxygens (including phenoxy) is 1. The molecule has 3 N–H and O–H groups in total. The fourth-order valence-electron chi connectivity index (χ4n) is 2.53. The summed E-state index contributed by atoms with van der Waals surface area (Å²) in [6.45, 7) is 9.65. The number of nitrogens with one attached hydrogen (secondary N) is 2. The lowest BCUT2D eigenvalue weighted by molar-refractivity contribution is 0.106. The number of amides is 1. The monoisotopic (exact) mass is 432 g/mol. The van der Waals surface area contributed by atoms with Gasteiger partial charge in [0.15, 0.2) is 0 Å². The minimum Gasteiger partial charge on any atom is -0.445 e. The Morgan fingerprint density at radius 2 is 1.60 bits per heavy atom. The van der Waals surface area contributed by atoms with E-state index in [9.17, 15) is 9.90 Å².